The van der Waals surface area contributed by atoms with E-state index in [1.165, 1.54) is 12.8 Å². The second kappa shape index (κ2) is 4.84. The molecule has 2 atom stereocenters. The number of hydrogen-bond acceptors (Lipinski definition) is 4. The van der Waals surface area contributed by atoms with Crippen LogP contribution < -0.4 is 5.73 Å². The Morgan fingerprint density at radius 1 is 1.37 bits per heavy atom. The lowest BCUT2D eigenvalue weighted by Gasteiger charge is -2.40. The summed E-state index contributed by atoms with van der Waals surface area (Å²) in [7, 11) is 0. The van der Waals surface area contributed by atoms with Crippen LogP contribution in [0.3, 0.4) is 0 Å². The Labute approximate surface area is 118 Å². The highest BCUT2D eigenvalue weighted by atomic mass is 32.2. The Hall–Kier alpha value is -1.00. The summed E-state index contributed by atoms with van der Waals surface area (Å²) in [4.78, 5) is 4.53. The lowest BCUT2D eigenvalue weighted by molar-refractivity contribution is 0.208. The number of para-hydroxylation sites is 2. The van der Waals surface area contributed by atoms with Crippen LogP contribution in [0.1, 0.15) is 33.1 Å². The van der Waals surface area contributed by atoms with Gasteiger partial charge in [0.15, 0.2) is 5.58 Å². The summed E-state index contributed by atoms with van der Waals surface area (Å²) in [5.74, 6) is 0. The van der Waals surface area contributed by atoms with Gasteiger partial charge in [0.1, 0.15) is 5.52 Å². The molecule has 1 heterocycles. The van der Waals surface area contributed by atoms with Gasteiger partial charge in [-0.15, -0.1) is 0 Å². The molecule has 0 saturated heterocycles. The number of fused-ring (bicyclic) bond motifs is 1. The van der Waals surface area contributed by atoms with Gasteiger partial charge in [-0.25, -0.2) is 4.98 Å². The highest BCUT2D eigenvalue weighted by Crippen LogP contribution is 2.41. The van der Waals surface area contributed by atoms with Crippen molar-refractivity contribution in [3.05, 3.63) is 24.3 Å². The number of aromatic nitrogens is 1. The molecule has 1 aliphatic carbocycles. The first-order valence-electron chi connectivity index (χ1n) is 6.84. The first kappa shape index (κ1) is 13.0. The van der Waals surface area contributed by atoms with Crippen molar-refractivity contribution in [1.82, 2.24) is 4.98 Å². The van der Waals surface area contributed by atoms with E-state index in [1.54, 1.807) is 11.8 Å². The Balaban J connectivity index is 1.80. The smallest absolute Gasteiger partial charge is 0.257 e. The number of oxazole rings is 1. The van der Waals surface area contributed by atoms with Gasteiger partial charge in [0.05, 0.1) is 0 Å². The molecule has 102 valence electrons. The van der Waals surface area contributed by atoms with Crippen LogP contribution in [0.5, 0.6) is 0 Å². The van der Waals surface area contributed by atoms with Crippen molar-refractivity contribution in [3.8, 4) is 0 Å². The average molecular weight is 276 g/mol. The van der Waals surface area contributed by atoms with Crippen molar-refractivity contribution in [2.75, 3.05) is 0 Å². The summed E-state index contributed by atoms with van der Waals surface area (Å²) in [6.45, 7) is 4.52. The van der Waals surface area contributed by atoms with Gasteiger partial charge in [-0.05, 0) is 30.4 Å². The lowest BCUT2D eigenvalue weighted by atomic mass is 9.73. The molecule has 0 amide bonds. The first-order chi connectivity index (χ1) is 9.06. The zero-order valence-corrected chi connectivity index (χ0v) is 12.2. The monoisotopic (exact) mass is 276 g/mol. The molecule has 2 aromatic rings. The quantitative estimate of drug-likeness (QED) is 0.905. The Morgan fingerprint density at radius 3 is 2.95 bits per heavy atom. The Bertz CT molecular complexity index is 545. The van der Waals surface area contributed by atoms with Crippen molar-refractivity contribution in [2.45, 2.75) is 49.6 Å². The SMILES string of the molecule is CC1(C)CCCC(Sc2nc3ccccc3o2)C1N. The van der Waals surface area contributed by atoms with Gasteiger partial charge in [0.25, 0.3) is 5.22 Å². The molecule has 1 aliphatic rings. The van der Waals surface area contributed by atoms with E-state index < -0.39 is 0 Å². The number of nitrogens with two attached hydrogens (primary N) is 1. The number of benzene rings is 1. The van der Waals surface area contributed by atoms with E-state index in [0.717, 1.165) is 22.7 Å². The molecular weight excluding hydrogens is 256 g/mol. The van der Waals surface area contributed by atoms with Crippen LogP contribution >= 0.6 is 11.8 Å². The fourth-order valence-electron chi connectivity index (χ4n) is 2.77. The van der Waals surface area contributed by atoms with Crippen LogP contribution in [-0.4, -0.2) is 16.3 Å². The van der Waals surface area contributed by atoms with E-state index in [0.29, 0.717) is 5.25 Å². The van der Waals surface area contributed by atoms with E-state index in [4.69, 9.17) is 10.2 Å². The van der Waals surface area contributed by atoms with Crippen molar-refractivity contribution in [3.63, 3.8) is 0 Å². The molecule has 19 heavy (non-hydrogen) atoms. The van der Waals surface area contributed by atoms with Crippen LogP contribution in [0.25, 0.3) is 11.1 Å². The van der Waals surface area contributed by atoms with E-state index >= 15 is 0 Å². The highest BCUT2D eigenvalue weighted by molar-refractivity contribution is 7.99. The van der Waals surface area contributed by atoms with Crippen molar-refractivity contribution < 1.29 is 4.42 Å². The molecule has 4 heteroatoms. The molecular formula is C15H20N2OS. The number of rotatable bonds is 2. The largest absolute Gasteiger partial charge is 0.431 e. The molecule has 1 fully saturated rings. The zero-order chi connectivity index (χ0) is 13.5. The van der Waals surface area contributed by atoms with Gasteiger partial charge in [0, 0.05) is 11.3 Å². The topological polar surface area (TPSA) is 52.0 Å². The normalized spacial score (nSPS) is 26.7. The van der Waals surface area contributed by atoms with Crippen LogP contribution in [0, 0.1) is 5.41 Å². The minimum Gasteiger partial charge on any atom is -0.431 e. The van der Waals surface area contributed by atoms with Crippen LogP contribution in [0.2, 0.25) is 0 Å². The molecule has 2 N–H and O–H groups in total. The fraction of sp³-hybridized carbons (Fsp3) is 0.533. The van der Waals surface area contributed by atoms with Gasteiger partial charge in [-0.3, -0.25) is 0 Å². The maximum absolute atomic E-state index is 6.41. The molecule has 1 aromatic carbocycles. The number of hydrogen-bond donors (Lipinski definition) is 1. The van der Waals surface area contributed by atoms with Gasteiger partial charge in [0.2, 0.25) is 0 Å². The third kappa shape index (κ3) is 2.51. The molecule has 1 aromatic heterocycles. The van der Waals surface area contributed by atoms with Crippen molar-refractivity contribution >= 4 is 22.9 Å². The van der Waals surface area contributed by atoms with E-state index in [2.05, 4.69) is 18.8 Å². The summed E-state index contributed by atoms with van der Waals surface area (Å²) < 4.78 is 5.78. The minimum absolute atomic E-state index is 0.196. The summed E-state index contributed by atoms with van der Waals surface area (Å²) in [5.41, 5.74) is 8.40. The predicted molar refractivity (Wildman–Crippen MR) is 79.3 cm³/mol. The summed E-state index contributed by atoms with van der Waals surface area (Å²) in [6.07, 6.45) is 3.59. The summed E-state index contributed by atoms with van der Waals surface area (Å²) >= 11 is 1.70. The molecule has 2 unspecified atom stereocenters. The molecule has 0 spiro atoms. The van der Waals surface area contributed by atoms with Gasteiger partial charge in [-0.1, -0.05) is 44.2 Å². The molecule has 3 nitrogen and oxygen atoms in total. The first-order valence-corrected chi connectivity index (χ1v) is 7.72. The Morgan fingerprint density at radius 2 is 2.16 bits per heavy atom. The van der Waals surface area contributed by atoms with Crippen LogP contribution in [-0.2, 0) is 0 Å². The summed E-state index contributed by atoms with van der Waals surface area (Å²) in [5, 5.41) is 1.15. The molecule has 3 rings (SSSR count). The highest BCUT2D eigenvalue weighted by Gasteiger charge is 2.37. The standard InChI is InChI=1S/C15H20N2OS/c1-15(2)9-5-8-12(13(15)16)19-14-17-10-6-3-4-7-11(10)18-14/h3-4,6-7,12-13H,5,8-9,16H2,1-2H3. The van der Waals surface area contributed by atoms with Gasteiger partial charge >= 0.3 is 0 Å². The van der Waals surface area contributed by atoms with Crippen LogP contribution in [0.15, 0.2) is 33.9 Å². The zero-order valence-electron chi connectivity index (χ0n) is 11.4. The van der Waals surface area contributed by atoms with E-state index in [-0.39, 0.29) is 11.5 Å². The molecule has 1 saturated carbocycles. The van der Waals surface area contributed by atoms with Gasteiger partial charge < -0.3 is 10.2 Å². The predicted octanol–water partition coefficient (Wildman–Crippen LogP) is 3.83. The average Bonchev–Trinajstić information content (AvgIpc) is 2.77. The minimum atomic E-state index is 0.196. The number of nitrogens with zero attached hydrogens (tertiary/aromatic N) is 1. The summed E-state index contributed by atoms with van der Waals surface area (Å²) in [6, 6.07) is 8.08. The van der Waals surface area contributed by atoms with Crippen molar-refractivity contribution in [2.24, 2.45) is 11.1 Å². The van der Waals surface area contributed by atoms with E-state index in [9.17, 15) is 0 Å². The third-order valence-corrected chi connectivity index (χ3v) is 5.35. The second-order valence-corrected chi connectivity index (χ2v) is 7.20. The molecule has 0 radical (unpaired) electrons. The Kier molecular flexibility index (Phi) is 3.31. The molecule has 0 aliphatic heterocycles. The van der Waals surface area contributed by atoms with Crippen LogP contribution in [0.4, 0.5) is 0 Å². The number of thioether (sulfide) groups is 1. The maximum Gasteiger partial charge on any atom is 0.257 e. The third-order valence-electron chi connectivity index (χ3n) is 4.14. The van der Waals surface area contributed by atoms with E-state index in [1.807, 2.05) is 24.3 Å². The maximum atomic E-state index is 6.41. The lowest BCUT2D eigenvalue weighted by Crippen LogP contribution is -2.48. The van der Waals surface area contributed by atoms with Gasteiger partial charge in [-0.2, -0.15) is 0 Å². The van der Waals surface area contributed by atoms with Crippen molar-refractivity contribution in [1.29, 1.82) is 0 Å². The fourth-order valence-corrected chi connectivity index (χ4v) is 4.12. The second-order valence-electron chi connectivity index (χ2n) is 6.01. The molecule has 0 bridgehead atoms.